The van der Waals surface area contributed by atoms with Gasteiger partial charge in [-0.2, -0.15) is 9.61 Å². The van der Waals surface area contributed by atoms with E-state index in [4.69, 9.17) is 15.1 Å². The van der Waals surface area contributed by atoms with Crippen LogP contribution < -0.4 is 5.32 Å². The molecule has 0 spiro atoms. The third-order valence-electron chi connectivity index (χ3n) is 6.38. The van der Waals surface area contributed by atoms with Crippen LogP contribution in [-0.4, -0.2) is 40.5 Å². The molecule has 1 atom stereocenters. The Labute approximate surface area is 220 Å². The van der Waals surface area contributed by atoms with E-state index >= 15 is 0 Å². The van der Waals surface area contributed by atoms with Gasteiger partial charge in [0.15, 0.2) is 16.6 Å². The van der Waals surface area contributed by atoms with Crippen LogP contribution in [0.2, 0.25) is 0 Å². The standard InChI is InChI=1S/C28H31N7OS/c1-5-20-11-13-21(14-12-20)29-27(36)24(6-2)37-28-30-23-10-8-7-9-22(23)26-31-25(33-35(26)28)15-16-34-19(4)17-18(3)32-34/h7-14,17,24H,5-6,15-16H2,1-4H3,(H,29,36). The number of thioether (sulfide) groups is 1. The Morgan fingerprint density at radius 1 is 1.03 bits per heavy atom. The molecule has 0 aliphatic carbocycles. The first kappa shape index (κ1) is 25.0. The Hall–Kier alpha value is -3.72. The minimum atomic E-state index is -0.329. The molecule has 5 rings (SSSR count). The van der Waals surface area contributed by atoms with Gasteiger partial charge in [0.05, 0.1) is 16.5 Å². The van der Waals surface area contributed by atoms with Crippen LogP contribution in [0.25, 0.3) is 16.6 Å². The van der Waals surface area contributed by atoms with E-state index in [0.29, 0.717) is 24.5 Å². The summed E-state index contributed by atoms with van der Waals surface area (Å²) in [5.41, 5.74) is 5.74. The molecule has 9 heteroatoms. The van der Waals surface area contributed by atoms with Crippen molar-refractivity contribution in [1.82, 2.24) is 29.4 Å². The molecule has 8 nitrogen and oxygen atoms in total. The van der Waals surface area contributed by atoms with Gasteiger partial charge in [0.2, 0.25) is 5.91 Å². The van der Waals surface area contributed by atoms with Crippen molar-refractivity contribution in [2.24, 2.45) is 0 Å². The molecule has 0 bridgehead atoms. The minimum absolute atomic E-state index is 0.0512. The first-order valence-electron chi connectivity index (χ1n) is 12.7. The van der Waals surface area contributed by atoms with Crippen molar-refractivity contribution >= 4 is 39.9 Å². The second kappa shape index (κ2) is 10.7. The van der Waals surface area contributed by atoms with Crippen LogP contribution in [0.5, 0.6) is 0 Å². The highest BCUT2D eigenvalue weighted by molar-refractivity contribution is 8.00. The summed E-state index contributed by atoms with van der Waals surface area (Å²) in [5.74, 6) is 0.672. The van der Waals surface area contributed by atoms with E-state index in [9.17, 15) is 4.79 Å². The summed E-state index contributed by atoms with van der Waals surface area (Å²) >= 11 is 1.42. The van der Waals surface area contributed by atoms with Crippen LogP contribution in [0.3, 0.4) is 0 Å². The van der Waals surface area contributed by atoms with Crippen LogP contribution >= 0.6 is 11.8 Å². The van der Waals surface area contributed by atoms with Gasteiger partial charge in [-0.1, -0.05) is 49.9 Å². The van der Waals surface area contributed by atoms with Gasteiger partial charge in [0, 0.05) is 29.7 Å². The minimum Gasteiger partial charge on any atom is -0.325 e. The number of rotatable bonds is 9. The lowest BCUT2D eigenvalue weighted by atomic mass is 10.1. The van der Waals surface area contributed by atoms with E-state index in [2.05, 4.69) is 30.3 Å². The monoisotopic (exact) mass is 513 g/mol. The van der Waals surface area contributed by atoms with Crippen molar-refractivity contribution in [2.75, 3.05) is 5.32 Å². The number of aryl methyl sites for hydroxylation is 5. The zero-order valence-electron chi connectivity index (χ0n) is 21.6. The maximum Gasteiger partial charge on any atom is 0.237 e. The predicted molar refractivity (Wildman–Crippen MR) is 148 cm³/mol. The number of anilines is 1. The number of benzene rings is 2. The van der Waals surface area contributed by atoms with E-state index in [1.54, 1.807) is 4.52 Å². The van der Waals surface area contributed by atoms with Crippen molar-refractivity contribution in [1.29, 1.82) is 0 Å². The van der Waals surface area contributed by atoms with Crippen molar-refractivity contribution in [3.05, 3.63) is 77.4 Å². The largest absolute Gasteiger partial charge is 0.325 e. The molecule has 3 heterocycles. The fourth-order valence-electron chi connectivity index (χ4n) is 4.36. The fourth-order valence-corrected chi connectivity index (χ4v) is 5.32. The van der Waals surface area contributed by atoms with E-state index in [1.165, 1.54) is 17.3 Å². The molecule has 5 aromatic rings. The topological polar surface area (TPSA) is 90.0 Å². The van der Waals surface area contributed by atoms with Crippen LogP contribution in [-0.2, 0) is 24.2 Å². The number of aromatic nitrogens is 6. The Bertz CT molecular complexity index is 1550. The average Bonchev–Trinajstić information content (AvgIpc) is 3.48. The second-order valence-electron chi connectivity index (χ2n) is 9.13. The van der Waals surface area contributed by atoms with Crippen LogP contribution in [0, 0.1) is 13.8 Å². The first-order chi connectivity index (χ1) is 17.9. The van der Waals surface area contributed by atoms with Crippen molar-refractivity contribution in [3.63, 3.8) is 0 Å². The summed E-state index contributed by atoms with van der Waals surface area (Å²) in [6.45, 7) is 8.87. The Balaban J connectivity index is 1.43. The molecule has 3 aromatic heterocycles. The van der Waals surface area contributed by atoms with E-state index in [-0.39, 0.29) is 11.2 Å². The summed E-state index contributed by atoms with van der Waals surface area (Å²) in [6.07, 6.45) is 2.26. The van der Waals surface area contributed by atoms with E-state index in [0.717, 1.165) is 45.9 Å². The van der Waals surface area contributed by atoms with Crippen LogP contribution in [0.15, 0.2) is 59.8 Å². The molecule has 1 unspecified atom stereocenters. The fraction of sp³-hybridized carbons (Fsp3) is 0.321. The van der Waals surface area contributed by atoms with Gasteiger partial charge in [-0.05, 0) is 62.6 Å². The summed E-state index contributed by atoms with van der Waals surface area (Å²) in [6, 6.07) is 18.0. The molecule has 1 N–H and O–H groups in total. The number of amides is 1. The van der Waals surface area contributed by atoms with Crippen LogP contribution in [0.1, 0.15) is 43.0 Å². The molecule has 0 radical (unpaired) electrons. The predicted octanol–water partition coefficient (Wildman–Crippen LogP) is 5.41. The molecule has 0 saturated heterocycles. The quantitative estimate of drug-likeness (QED) is 0.210. The highest BCUT2D eigenvalue weighted by Gasteiger charge is 2.23. The van der Waals surface area contributed by atoms with E-state index in [1.807, 2.05) is 67.1 Å². The Morgan fingerprint density at radius 3 is 2.51 bits per heavy atom. The molecule has 37 heavy (non-hydrogen) atoms. The lowest BCUT2D eigenvalue weighted by Gasteiger charge is -2.15. The van der Waals surface area contributed by atoms with Crippen molar-refractivity contribution in [2.45, 2.75) is 63.9 Å². The van der Waals surface area contributed by atoms with Crippen LogP contribution in [0.4, 0.5) is 5.69 Å². The first-order valence-corrected chi connectivity index (χ1v) is 13.5. The number of hydrogen-bond donors (Lipinski definition) is 1. The molecule has 0 fully saturated rings. The molecular weight excluding hydrogens is 482 g/mol. The van der Waals surface area contributed by atoms with Gasteiger partial charge in [-0.3, -0.25) is 9.48 Å². The van der Waals surface area contributed by atoms with Gasteiger partial charge < -0.3 is 5.32 Å². The highest BCUT2D eigenvalue weighted by Crippen LogP contribution is 2.29. The molecule has 0 aliphatic rings. The summed E-state index contributed by atoms with van der Waals surface area (Å²) < 4.78 is 3.77. The number of fused-ring (bicyclic) bond motifs is 3. The molecule has 0 aliphatic heterocycles. The normalized spacial score (nSPS) is 12.3. The lowest BCUT2D eigenvalue weighted by Crippen LogP contribution is -2.25. The average molecular weight is 514 g/mol. The van der Waals surface area contributed by atoms with Gasteiger partial charge in [-0.15, -0.1) is 5.10 Å². The molecule has 0 saturated carbocycles. The summed E-state index contributed by atoms with van der Waals surface area (Å²) in [4.78, 5) is 22.9. The van der Waals surface area contributed by atoms with Crippen molar-refractivity contribution in [3.8, 4) is 0 Å². The zero-order chi connectivity index (χ0) is 25.9. The summed E-state index contributed by atoms with van der Waals surface area (Å²) in [7, 11) is 0. The second-order valence-corrected chi connectivity index (χ2v) is 10.3. The number of nitrogens with zero attached hydrogens (tertiary/aromatic N) is 6. The molecular formula is C28H31N7OS. The van der Waals surface area contributed by atoms with Gasteiger partial charge >= 0.3 is 0 Å². The van der Waals surface area contributed by atoms with Gasteiger partial charge in [-0.25, -0.2) is 9.97 Å². The van der Waals surface area contributed by atoms with Gasteiger partial charge in [0.25, 0.3) is 0 Å². The summed E-state index contributed by atoms with van der Waals surface area (Å²) in [5, 5.41) is 13.7. The number of hydrogen-bond acceptors (Lipinski definition) is 6. The molecule has 1 amide bonds. The lowest BCUT2D eigenvalue weighted by molar-refractivity contribution is -0.115. The third-order valence-corrected chi connectivity index (χ3v) is 7.69. The SMILES string of the molecule is CCc1ccc(NC(=O)C(CC)Sc2nc3ccccc3c3nc(CCn4nc(C)cc4C)nn23)cc1. The molecule has 2 aromatic carbocycles. The highest BCUT2D eigenvalue weighted by atomic mass is 32.2. The number of carbonyl (C=O) groups excluding carboxylic acids is 1. The zero-order valence-corrected chi connectivity index (χ0v) is 22.4. The Morgan fingerprint density at radius 2 is 1.81 bits per heavy atom. The number of para-hydroxylation sites is 1. The number of nitrogens with one attached hydrogen (secondary N) is 1. The van der Waals surface area contributed by atoms with Gasteiger partial charge in [0.1, 0.15) is 0 Å². The Kier molecular flexibility index (Phi) is 7.23. The number of carbonyl (C=O) groups is 1. The van der Waals surface area contributed by atoms with Crippen molar-refractivity contribution < 1.29 is 4.79 Å². The maximum absolute atomic E-state index is 13.2. The van der Waals surface area contributed by atoms with E-state index < -0.39 is 0 Å². The molecule has 190 valence electrons. The smallest absolute Gasteiger partial charge is 0.237 e. The maximum atomic E-state index is 13.2. The third kappa shape index (κ3) is 5.36.